The molecule has 6 rings (SSSR count). The predicted octanol–water partition coefficient (Wildman–Crippen LogP) is 7.43. The molecule has 0 atom stereocenters. The van der Waals surface area contributed by atoms with Crippen LogP contribution >= 0.6 is 34.5 Å². The number of thiazole rings is 1. The van der Waals surface area contributed by atoms with E-state index < -0.39 is 11.8 Å². The van der Waals surface area contributed by atoms with E-state index in [2.05, 4.69) is 27.1 Å². The number of benzene rings is 2. The molecule has 0 radical (unpaired) electrons. The van der Waals surface area contributed by atoms with Crippen LogP contribution in [0.4, 0.5) is 9.52 Å². The second kappa shape index (κ2) is 9.74. The van der Waals surface area contributed by atoms with Crippen molar-refractivity contribution in [2.45, 2.75) is 31.6 Å². The average molecular weight is 557 g/mol. The van der Waals surface area contributed by atoms with Gasteiger partial charge in [0.15, 0.2) is 10.9 Å². The molecule has 37 heavy (non-hydrogen) atoms. The fourth-order valence-corrected chi connectivity index (χ4v) is 6.49. The number of carboxylic acid groups (broad SMARTS) is 1. The second-order valence-corrected chi connectivity index (χ2v) is 11.4. The standard InChI is InChI=1S/C27H23Cl2FN4O2S/c28-19-2-1-3-20(29)25(19)34-22(18(14-31-34)16-5-6-16)7-4-15-8-10-33(11-9-15)27-32-24-21(30)12-17(26(35)36)13-23(24)37-27/h1-4,7,12-16H,5-6,8-11H2,(H,35,36). The third-order valence-corrected chi connectivity index (χ3v) is 8.70. The fraction of sp³-hybridized carbons (Fsp3) is 0.296. The first-order valence-corrected chi connectivity index (χ1v) is 13.7. The Labute approximate surface area is 226 Å². The van der Waals surface area contributed by atoms with Crippen molar-refractivity contribution in [1.82, 2.24) is 14.8 Å². The number of anilines is 1. The normalized spacial score (nSPS) is 16.8. The lowest BCUT2D eigenvalue weighted by atomic mass is 9.96. The zero-order valence-corrected chi connectivity index (χ0v) is 22.0. The van der Waals surface area contributed by atoms with Crippen molar-refractivity contribution in [3.05, 3.63) is 75.3 Å². The van der Waals surface area contributed by atoms with E-state index in [-0.39, 0.29) is 11.1 Å². The Morgan fingerprint density at radius 2 is 1.86 bits per heavy atom. The third kappa shape index (κ3) is 4.74. The highest BCUT2D eigenvalue weighted by molar-refractivity contribution is 7.22. The summed E-state index contributed by atoms with van der Waals surface area (Å²) in [6.45, 7) is 1.57. The number of aromatic carboxylic acids is 1. The molecule has 1 aliphatic carbocycles. The second-order valence-electron chi connectivity index (χ2n) is 9.53. The maximum absolute atomic E-state index is 14.4. The zero-order valence-electron chi connectivity index (χ0n) is 19.7. The molecule has 10 heteroatoms. The Hall–Kier alpha value is -2.94. The minimum Gasteiger partial charge on any atom is -0.478 e. The van der Waals surface area contributed by atoms with Gasteiger partial charge in [0.2, 0.25) is 0 Å². The number of piperidine rings is 1. The molecule has 2 aromatic heterocycles. The fourth-order valence-electron chi connectivity index (χ4n) is 4.86. The number of hydrogen-bond donors (Lipinski definition) is 1. The van der Waals surface area contributed by atoms with E-state index in [9.17, 15) is 14.3 Å². The molecule has 2 fully saturated rings. The summed E-state index contributed by atoms with van der Waals surface area (Å²) in [5, 5.41) is 15.7. The van der Waals surface area contributed by atoms with Crippen molar-refractivity contribution in [3.8, 4) is 5.69 Å². The van der Waals surface area contributed by atoms with Crippen LogP contribution in [0.2, 0.25) is 10.0 Å². The zero-order chi connectivity index (χ0) is 25.7. The van der Waals surface area contributed by atoms with Crippen LogP contribution in [0.1, 0.15) is 53.2 Å². The van der Waals surface area contributed by atoms with Crippen LogP contribution in [0.25, 0.3) is 22.0 Å². The number of para-hydroxylation sites is 1. The number of fused-ring (bicyclic) bond motifs is 1. The summed E-state index contributed by atoms with van der Waals surface area (Å²) in [6.07, 6.45) is 10.5. The molecule has 2 aliphatic rings. The van der Waals surface area contributed by atoms with Gasteiger partial charge in [0, 0.05) is 18.7 Å². The molecule has 0 spiro atoms. The Balaban J connectivity index is 1.20. The van der Waals surface area contributed by atoms with Gasteiger partial charge in [-0.1, -0.05) is 46.7 Å². The highest BCUT2D eigenvalue weighted by Crippen LogP contribution is 2.43. The number of nitrogens with zero attached hydrogens (tertiary/aromatic N) is 4. The summed E-state index contributed by atoms with van der Waals surface area (Å²) in [5.74, 6) is -0.848. The first kappa shape index (κ1) is 24.4. The van der Waals surface area contributed by atoms with Crippen molar-refractivity contribution in [2.75, 3.05) is 18.0 Å². The molecule has 0 bridgehead atoms. The molecule has 190 valence electrons. The number of halogens is 3. The summed E-state index contributed by atoms with van der Waals surface area (Å²) in [7, 11) is 0. The summed E-state index contributed by atoms with van der Waals surface area (Å²) in [5.41, 5.74) is 3.11. The molecule has 1 saturated carbocycles. The van der Waals surface area contributed by atoms with E-state index in [0.717, 1.165) is 55.7 Å². The molecule has 3 heterocycles. The summed E-state index contributed by atoms with van der Waals surface area (Å²) < 4.78 is 16.8. The number of carbonyl (C=O) groups is 1. The van der Waals surface area contributed by atoms with Crippen LogP contribution in [0.5, 0.6) is 0 Å². The minimum absolute atomic E-state index is 0.0630. The van der Waals surface area contributed by atoms with Crippen LogP contribution in [0.15, 0.2) is 42.6 Å². The van der Waals surface area contributed by atoms with Crippen molar-refractivity contribution in [1.29, 1.82) is 0 Å². The molecule has 0 amide bonds. The number of hydrogen-bond acceptors (Lipinski definition) is 5. The van der Waals surface area contributed by atoms with Crippen LogP contribution < -0.4 is 4.90 Å². The van der Waals surface area contributed by atoms with Gasteiger partial charge < -0.3 is 10.0 Å². The van der Waals surface area contributed by atoms with Gasteiger partial charge in [-0.3, -0.25) is 0 Å². The smallest absolute Gasteiger partial charge is 0.335 e. The Kier molecular flexibility index (Phi) is 6.42. The quantitative estimate of drug-likeness (QED) is 0.267. The van der Waals surface area contributed by atoms with Gasteiger partial charge in [0.25, 0.3) is 0 Å². The monoisotopic (exact) mass is 556 g/mol. The first-order valence-electron chi connectivity index (χ1n) is 12.2. The van der Waals surface area contributed by atoms with Gasteiger partial charge in [-0.2, -0.15) is 5.10 Å². The van der Waals surface area contributed by atoms with Crippen LogP contribution in [-0.2, 0) is 0 Å². The van der Waals surface area contributed by atoms with Crippen LogP contribution in [0.3, 0.4) is 0 Å². The molecular formula is C27H23Cl2FN4O2S. The number of carboxylic acids is 1. The minimum atomic E-state index is -1.15. The number of rotatable bonds is 6. The number of allylic oxidation sites excluding steroid dienone is 1. The van der Waals surface area contributed by atoms with Gasteiger partial charge in [-0.25, -0.2) is 18.9 Å². The van der Waals surface area contributed by atoms with Crippen molar-refractivity contribution < 1.29 is 14.3 Å². The SMILES string of the molecule is O=C(O)c1cc(F)c2nc(N3CCC(C=Cc4c(C5CC5)cnn4-c4c(Cl)cccc4Cl)CC3)sc2c1. The summed E-state index contributed by atoms with van der Waals surface area (Å²) in [4.78, 5) is 17.9. The Morgan fingerprint density at radius 3 is 2.54 bits per heavy atom. The lowest BCUT2D eigenvalue weighted by Crippen LogP contribution is -2.32. The molecule has 1 aliphatic heterocycles. The van der Waals surface area contributed by atoms with E-state index in [4.69, 9.17) is 23.2 Å². The Bertz CT molecular complexity index is 1520. The molecule has 0 unspecified atom stereocenters. The lowest BCUT2D eigenvalue weighted by Gasteiger charge is -2.30. The lowest BCUT2D eigenvalue weighted by molar-refractivity contribution is 0.0696. The van der Waals surface area contributed by atoms with Gasteiger partial charge in [0.05, 0.1) is 32.2 Å². The molecule has 1 N–H and O–H groups in total. The van der Waals surface area contributed by atoms with Gasteiger partial charge in [-0.05, 0) is 67.9 Å². The highest BCUT2D eigenvalue weighted by Gasteiger charge is 2.29. The third-order valence-electron chi connectivity index (χ3n) is 7.02. The maximum atomic E-state index is 14.4. The van der Waals surface area contributed by atoms with E-state index in [1.165, 1.54) is 23.0 Å². The molecular weight excluding hydrogens is 534 g/mol. The van der Waals surface area contributed by atoms with Gasteiger partial charge in [-0.15, -0.1) is 0 Å². The number of aromatic nitrogens is 3. The molecule has 2 aromatic carbocycles. The average Bonchev–Trinajstić information content (AvgIpc) is 3.49. The first-order chi connectivity index (χ1) is 17.9. The van der Waals surface area contributed by atoms with E-state index in [1.54, 1.807) is 0 Å². The van der Waals surface area contributed by atoms with Crippen molar-refractivity contribution in [2.24, 2.45) is 5.92 Å². The van der Waals surface area contributed by atoms with E-state index in [1.807, 2.05) is 29.1 Å². The summed E-state index contributed by atoms with van der Waals surface area (Å²) in [6, 6.07) is 7.99. The van der Waals surface area contributed by atoms with Gasteiger partial charge in [0.1, 0.15) is 11.2 Å². The molecule has 4 aromatic rings. The van der Waals surface area contributed by atoms with E-state index in [0.29, 0.717) is 32.3 Å². The van der Waals surface area contributed by atoms with Crippen LogP contribution in [0, 0.1) is 11.7 Å². The van der Waals surface area contributed by atoms with Crippen molar-refractivity contribution in [3.63, 3.8) is 0 Å². The van der Waals surface area contributed by atoms with E-state index >= 15 is 0 Å². The molecule has 6 nitrogen and oxygen atoms in total. The maximum Gasteiger partial charge on any atom is 0.335 e. The summed E-state index contributed by atoms with van der Waals surface area (Å²) >= 11 is 14.3. The van der Waals surface area contributed by atoms with Gasteiger partial charge >= 0.3 is 5.97 Å². The largest absolute Gasteiger partial charge is 0.478 e. The Morgan fingerprint density at radius 1 is 1.14 bits per heavy atom. The molecule has 1 saturated heterocycles. The van der Waals surface area contributed by atoms with Crippen LogP contribution in [-0.4, -0.2) is 38.9 Å². The predicted molar refractivity (Wildman–Crippen MR) is 146 cm³/mol. The highest BCUT2D eigenvalue weighted by atomic mass is 35.5. The topological polar surface area (TPSA) is 71.2 Å². The van der Waals surface area contributed by atoms with Crippen molar-refractivity contribution >= 4 is 61.9 Å².